The first-order chi connectivity index (χ1) is 13.0. The second-order valence-corrected chi connectivity index (χ2v) is 8.93. The average Bonchev–Trinajstić information content (AvgIpc) is 3.03. The topological polar surface area (TPSA) is 32.7 Å². The molecule has 3 rings (SSSR count). The van der Waals surface area contributed by atoms with Crippen molar-refractivity contribution >= 4 is 45.6 Å². The van der Waals surface area contributed by atoms with Crippen LogP contribution < -0.4 is 4.90 Å². The predicted octanol–water partition coefficient (Wildman–Crippen LogP) is 5.78. The fourth-order valence-electron chi connectivity index (χ4n) is 2.83. The van der Waals surface area contributed by atoms with Crippen molar-refractivity contribution in [1.82, 2.24) is 0 Å². The lowest BCUT2D eigenvalue weighted by Gasteiger charge is -2.20. The van der Waals surface area contributed by atoms with Crippen LogP contribution in [0.1, 0.15) is 36.5 Å². The first-order valence-corrected chi connectivity index (χ1v) is 11.0. The molecule has 1 amide bonds. The number of rotatable bonds is 5. The summed E-state index contributed by atoms with van der Waals surface area (Å²) in [5.74, 6) is 0.409. The molecule has 0 spiro atoms. The first-order valence-electron chi connectivity index (χ1n) is 8.93. The summed E-state index contributed by atoms with van der Waals surface area (Å²) in [6.07, 6.45) is 3.85. The first kappa shape index (κ1) is 19.8. The quantitative estimate of drug-likeness (QED) is 0.600. The van der Waals surface area contributed by atoms with Crippen LogP contribution in [-0.2, 0) is 11.3 Å². The van der Waals surface area contributed by atoms with Crippen molar-refractivity contribution in [2.24, 2.45) is 4.99 Å². The Morgan fingerprint density at radius 1 is 1.11 bits per heavy atom. The molecule has 27 heavy (non-hydrogen) atoms. The van der Waals surface area contributed by atoms with E-state index in [0.717, 1.165) is 16.5 Å². The van der Waals surface area contributed by atoms with Gasteiger partial charge < -0.3 is 4.90 Å². The molecule has 2 aromatic carbocycles. The van der Waals surface area contributed by atoms with E-state index in [2.05, 4.69) is 79.3 Å². The maximum absolute atomic E-state index is 11.9. The molecular weight excluding hydrogens is 372 g/mol. The summed E-state index contributed by atoms with van der Waals surface area (Å²) in [4.78, 5) is 18.8. The van der Waals surface area contributed by atoms with Crippen molar-refractivity contribution in [1.29, 1.82) is 0 Å². The lowest BCUT2D eigenvalue weighted by atomic mass is 10.0. The van der Waals surface area contributed by atoms with Gasteiger partial charge in [0.2, 0.25) is 0 Å². The lowest BCUT2D eigenvalue weighted by Crippen LogP contribution is -2.16. The van der Waals surface area contributed by atoms with Crippen molar-refractivity contribution in [3.8, 4) is 0 Å². The minimum Gasteiger partial charge on any atom is -0.370 e. The van der Waals surface area contributed by atoms with E-state index < -0.39 is 0 Å². The van der Waals surface area contributed by atoms with E-state index in [9.17, 15) is 4.79 Å². The van der Waals surface area contributed by atoms with Gasteiger partial charge in [-0.15, -0.1) is 11.8 Å². The standard InChI is InChI=1S/C22H24N2OS2/c1-15(2)18-9-11-19(12-10-18)24(3)14-17-7-5-16(6-8-17)13-20-21(25)23-22(26-4)27-20/h5-13,15H,14H2,1-4H3. The third-order valence-electron chi connectivity index (χ3n) is 4.47. The molecule has 0 atom stereocenters. The van der Waals surface area contributed by atoms with Crippen LogP contribution in [-0.4, -0.2) is 23.6 Å². The van der Waals surface area contributed by atoms with Gasteiger partial charge in [0.25, 0.3) is 5.91 Å². The van der Waals surface area contributed by atoms with E-state index in [1.165, 1.54) is 40.3 Å². The van der Waals surface area contributed by atoms with E-state index >= 15 is 0 Å². The molecular formula is C22H24N2OS2. The lowest BCUT2D eigenvalue weighted by molar-refractivity contribution is -0.113. The molecule has 0 saturated heterocycles. The molecule has 2 aromatic rings. The smallest absolute Gasteiger partial charge is 0.285 e. The highest BCUT2D eigenvalue weighted by molar-refractivity contribution is 8.40. The average molecular weight is 397 g/mol. The number of nitrogens with zero attached hydrogens (tertiary/aromatic N) is 2. The van der Waals surface area contributed by atoms with Crippen LogP contribution in [0.4, 0.5) is 5.69 Å². The molecule has 0 radical (unpaired) electrons. The molecule has 0 fully saturated rings. The summed E-state index contributed by atoms with van der Waals surface area (Å²) >= 11 is 2.95. The maximum Gasteiger partial charge on any atom is 0.285 e. The van der Waals surface area contributed by atoms with Gasteiger partial charge in [0.05, 0.1) is 4.91 Å². The van der Waals surface area contributed by atoms with Gasteiger partial charge in [-0.1, -0.05) is 62.0 Å². The second-order valence-electron chi connectivity index (χ2n) is 6.84. The highest BCUT2D eigenvalue weighted by Crippen LogP contribution is 2.32. The monoisotopic (exact) mass is 396 g/mol. The zero-order valence-corrected chi connectivity index (χ0v) is 17.7. The summed E-state index contributed by atoms with van der Waals surface area (Å²) in [5.41, 5.74) is 4.83. The van der Waals surface area contributed by atoms with Crippen molar-refractivity contribution in [2.45, 2.75) is 26.3 Å². The SMILES string of the molecule is CSC1=NC(=O)C(=Cc2ccc(CN(C)c3ccc(C(C)C)cc3)cc2)S1. The van der Waals surface area contributed by atoms with Gasteiger partial charge in [0, 0.05) is 19.3 Å². The predicted molar refractivity (Wildman–Crippen MR) is 121 cm³/mol. The van der Waals surface area contributed by atoms with Crippen molar-refractivity contribution in [3.63, 3.8) is 0 Å². The summed E-state index contributed by atoms with van der Waals surface area (Å²) < 4.78 is 0.813. The summed E-state index contributed by atoms with van der Waals surface area (Å²) in [7, 11) is 2.11. The fraction of sp³-hybridized carbons (Fsp3) is 0.273. The minimum absolute atomic E-state index is 0.141. The normalized spacial score (nSPS) is 15.5. The van der Waals surface area contributed by atoms with Crippen molar-refractivity contribution in [3.05, 3.63) is 70.1 Å². The number of benzene rings is 2. The Labute approximate surface area is 170 Å². The Morgan fingerprint density at radius 3 is 2.33 bits per heavy atom. The van der Waals surface area contributed by atoms with Gasteiger partial charge in [-0.3, -0.25) is 4.79 Å². The van der Waals surface area contributed by atoms with Crippen LogP contribution in [0, 0.1) is 0 Å². The van der Waals surface area contributed by atoms with Crippen molar-refractivity contribution < 1.29 is 4.79 Å². The van der Waals surface area contributed by atoms with Gasteiger partial charge >= 0.3 is 0 Å². The number of hydrogen-bond donors (Lipinski definition) is 0. The Morgan fingerprint density at radius 2 is 1.78 bits per heavy atom. The van der Waals surface area contributed by atoms with E-state index in [0.29, 0.717) is 10.8 Å². The van der Waals surface area contributed by atoms with Crippen LogP contribution in [0.15, 0.2) is 58.4 Å². The highest BCUT2D eigenvalue weighted by atomic mass is 32.2. The molecule has 0 saturated carbocycles. The molecule has 1 aliphatic heterocycles. The molecule has 3 nitrogen and oxygen atoms in total. The molecule has 1 heterocycles. The fourth-order valence-corrected chi connectivity index (χ4v) is 4.25. The van der Waals surface area contributed by atoms with Crippen LogP contribution in [0.25, 0.3) is 6.08 Å². The van der Waals surface area contributed by atoms with E-state index in [1.807, 2.05) is 12.3 Å². The molecule has 1 aliphatic rings. The number of amides is 1. The number of carbonyl (C=O) groups is 1. The molecule has 0 N–H and O–H groups in total. The van der Waals surface area contributed by atoms with Crippen LogP contribution >= 0.6 is 23.5 Å². The van der Waals surface area contributed by atoms with E-state index in [-0.39, 0.29) is 5.91 Å². The van der Waals surface area contributed by atoms with Crippen LogP contribution in [0.2, 0.25) is 0 Å². The van der Waals surface area contributed by atoms with Gasteiger partial charge in [0.1, 0.15) is 4.38 Å². The molecule has 0 aliphatic carbocycles. The van der Waals surface area contributed by atoms with E-state index in [4.69, 9.17) is 0 Å². The van der Waals surface area contributed by atoms with E-state index in [1.54, 1.807) is 0 Å². The number of hydrogen-bond acceptors (Lipinski definition) is 4. The van der Waals surface area contributed by atoms with Gasteiger partial charge in [-0.25, -0.2) is 0 Å². The third-order valence-corrected chi connectivity index (χ3v) is 6.44. The summed E-state index contributed by atoms with van der Waals surface area (Å²) in [6, 6.07) is 17.1. The third kappa shape index (κ3) is 5.05. The molecule has 0 aromatic heterocycles. The maximum atomic E-state index is 11.9. The Balaban J connectivity index is 1.64. The Bertz CT molecular complexity index is 868. The largest absolute Gasteiger partial charge is 0.370 e. The van der Waals surface area contributed by atoms with Gasteiger partial charge in [-0.05, 0) is 47.1 Å². The molecule has 0 bridgehead atoms. The number of aliphatic imine (C=N–C) groups is 1. The number of anilines is 1. The van der Waals surface area contributed by atoms with Crippen molar-refractivity contribution in [2.75, 3.05) is 18.2 Å². The van der Waals surface area contributed by atoms with Gasteiger partial charge in [0.15, 0.2) is 0 Å². The zero-order valence-electron chi connectivity index (χ0n) is 16.1. The van der Waals surface area contributed by atoms with Crippen LogP contribution in [0.5, 0.6) is 0 Å². The number of carbonyl (C=O) groups excluding carboxylic acids is 1. The molecule has 0 unspecified atom stereocenters. The Hall–Kier alpha value is -1.98. The summed E-state index contributed by atoms with van der Waals surface area (Å²) in [6.45, 7) is 5.26. The Kier molecular flexibility index (Phi) is 6.45. The minimum atomic E-state index is -0.141. The molecule has 140 valence electrons. The number of thioether (sulfide) groups is 2. The zero-order chi connectivity index (χ0) is 19.4. The summed E-state index contributed by atoms with van der Waals surface area (Å²) in [5, 5.41) is 0. The highest BCUT2D eigenvalue weighted by Gasteiger charge is 2.20. The van der Waals surface area contributed by atoms with Crippen LogP contribution in [0.3, 0.4) is 0 Å². The molecule has 5 heteroatoms. The second kappa shape index (κ2) is 8.81. The van der Waals surface area contributed by atoms with Gasteiger partial charge in [-0.2, -0.15) is 4.99 Å².